The Labute approximate surface area is 122 Å². The van der Waals surface area contributed by atoms with Gasteiger partial charge < -0.3 is 10.5 Å². The number of halogens is 3. The Morgan fingerprint density at radius 1 is 1.10 bits per heavy atom. The number of ether oxygens (including phenoxy) is 1. The molecule has 20 heavy (non-hydrogen) atoms. The number of nitrogen functional groups attached to an aromatic ring is 1. The highest BCUT2D eigenvalue weighted by molar-refractivity contribution is 9.10. The lowest BCUT2D eigenvalue weighted by Crippen LogP contribution is -2.06. The molecule has 0 saturated heterocycles. The zero-order valence-corrected chi connectivity index (χ0v) is 11.8. The van der Waals surface area contributed by atoms with E-state index in [1.807, 2.05) is 0 Å². The predicted molar refractivity (Wildman–Crippen MR) is 74.0 cm³/mol. The number of carbonyl (C=O) groups excluding carboxylic acids is 1. The van der Waals surface area contributed by atoms with Gasteiger partial charge in [-0.1, -0.05) is 15.9 Å². The van der Waals surface area contributed by atoms with Gasteiger partial charge in [-0.2, -0.15) is 0 Å². The summed E-state index contributed by atoms with van der Waals surface area (Å²) in [6.07, 6.45) is 0. The van der Waals surface area contributed by atoms with Crippen LogP contribution in [0.2, 0.25) is 0 Å². The normalized spacial score (nSPS) is 10.3. The maximum atomic E-state index is 13.0. The van der Waals surface area contributed by atoms with E-state index in [0.717, 1.165) is 18.2 Å². The summed E-state index contributed by atoms with van der Waals surface area (Å²) in [6.45, 7) is -0.222. The molecule has 0 amide bonds. The van der Waals surface area contributed by atoms with Gasteiger partial charge in [0.2, 0.25) is 0 Å². The highest BCUT2D eigenvalue weighted by atomic mass is 79.9. The van der Waals surface area contributed by atoms with E-state index < -0.39 is 17.6 Å². The Balaban J connectivity index is 2.08. The average Bonchev–Trinajstić information content (AvgIpc) is 2.33. The van der Waals surface area contributed by atoms with Gasteiger partial charge in [-0.05, 0) is 35.9 Å². The molecule has 0 bridgehead atoms. The summed E-state index contributed by atoms with van der Waals surface area (Å²) in [5.41, 5.74) is 6.51. The van der Waals surface area contributed by atoms with Crippen LogP contribution in [0.15, 0.2) is 40.9 Å². The number of carbonyl (C=O) groups is 1. The molecule has 0 unspecified atom stereocenters. The molecule has 0 aliphatic heterocycles. The average molecular weight is 342 g/mol. The smallest absolute Gasteiger partial charge is 0.338 e. The molecular formula is C14H10BrF2NO2. The number of benzene rings is 2. The van der Waals surface area contributed by atoms with Crippen molar-refractivity contribution in [1.29, 1.82) is 0 Å². The van der Waals surface area contributed by atoms with Gasteiger partial charge in [-0.25, -0.2) is 13.6 Å². The highest BCUT2D eigenvalue weighted by Gasteiger charge is 2.10. The molecule has 0 radical (unpaired) electrons. The highest BCUT2D eigenvalue weighted by Crippen LogP contribution is 2.18. The number of hydrogen-bond acceptors (Lipinski definition) is 3. The van der Waals surface area contributed by atoms with Gasteiger partial charge in [-0.15, -0.1) is 0 Å². The van der Waals surface area contributed by atoms with Gasteiger partial charge in [0.25, 0.3) is 0 Å². The van der Waals surface area contributed by atoms with Crippen LogP contribution in [0.3, 0.4) is 0 Å². The zero-order chi connectivity index (χ0) is 14.7. The molecule has 0 aliphatic carbocycles. The fraction of sp³-hybridized carbons (Fsp3) is 0.0714. The largest absolute Gasteiger partial charge is 0.457 e. The van der Waals surface area contributed by atoms with Gasteiger partial charge in [-0.3, -0.25) is 0 Å². The molecule has 0 fully saturated rings. The van der Waals surface area contributed by atoms with E-state index in [1.54, 1.807) is 12.1 Å². The van der Waals surface area contributed by atoms with Crippen LogP contribution in [0.25, 0.3) is 0 Å². The van der Waals surface area contributed by atoms with Crippen LogP contribution < -0.4 is 5.73 Å². The van der Waals surface area contributed by atoms with Crippen molar-refractivity contribution in [2.45, 2.75) is 6.61 Å². The molecule has 0 saturated carbocycles. The van der Waals surface area contributed by atoms with E-state index in [2.05, 4.69) is 15.9 Å². The van der Waals surface area contributed by atoms with Crippen molar-refractivity contribution in [2.24, 2.45) is 0 Å². The molecule has 2 aromatic carbocycles. The minimum atomic E-state index is -0.720. The Morgan fingerprint density at radius 3 is 2.35 bits per heavy atom. The molecule has 0 atom stereocenters. The maximum Gasteiger partial charge on any atom is 0.338 e. The van der Waals surface area contributed by atoms with Crippen LogP contribution >= 0.6 is 15.9 Å². The molecule has 0 aliphatic rings. The molecule has 2 rings (SSSR count). The van der Waals surface area contributed by atoms with Gasteiger partial charge in [0.15, 0.2) is 0 Å². The van der Waals surface area contributed by atoms with Crippen LogP contribution in [0, 0.1) is 11.6 Å². The number of rotatable bonds is 3. The molecule has 0 aromatic heterocycles. The van der Waals surface area contributed by atoms with E-state index in [4.69, 9.17) is 10.5 Å². The molecular weight excluding hydrogens is 332 g/mol. The zero-order valence-electron chi connectivity index (χ0n) is 10.2. The summed E-state index contributed by atoms with van der Waals surface area (Å²) >= 11 is 3.21. The van der Waals surface area contributed by atoms with E-state index in [0.29, 0.717) is 10.2 Å². The van der Waals surface area contributed by atoms with Crippen molar-refractivity contribution in [2.75, 3.05) is 5.73 Å². The predicted octanol–water partition coefficient (Wildman–Crippen LogP) is 3.67. The van der Waals surface area contributed by atoms with E-state index >= 15 is 0 Å². The first-order valence-electron chi connectivity index (χ1n) is 5.62. The lowest BCUT2D eigenvalue weighted by Gasteiger charge is -2.06. The first kappa shape index (κ1) is 14.5. The molecule has 6 heteroatoms. The van der Waals surface area contributed by atoms with Crippen LogP contribution in [-0.4, -0.2) is 5.97 Å². The van der Waals surface area contributed by atoms with Crippen molar-refractivity contribution in [3.05, 3.63) is 63.6 Å². The van der Waals surface area contributed by atoms with E-state index in [1.165, 1.54) is 6.07 Å². The third-order valence-electron chi connectivity index (χ3n) is 2.45. The molecule has 2 N–H and O–H groups in total. The number of esters is 1. The summed E-state index contributed by atoms with van der Waals surface area (Å²) < 4.78 is 31.6. The van der Waals surface area contributed by atoms with Crippen LogP contribution in [0.5, 0.6) is 0 Å². The van der Waals surface area contributed by atoms with Crippen LogP contribution in [0.1, 0.15) is 15.9 Å². The number of nitrogens with two attached hydrogens (primary N) is 1. The summed E-state index contributed by atoms with van der Waals surface area (Å²) in [7, 11) is 0. The van der Waals surface area contributed by atoms with Crippen molar-refractivity contribution >= 4 is 27.6 Å². The second kappa shape index (κ2) is 6.00. The van der Waals surface area contributed by atoms with E-state index in [9.17, 15) is 13.6 Å². The van der Waals surface area contributed by atoms with Gasteiger partial charge in [0.1, 0.15) is 18.2 Å². The fourth-order valence-electron chi connectivity index (χ4n) is 1.66. The van der Waals surface area contributed by atoms with Gasteiger partial charge in [0.05, 0.1) is 5.56 Å². The third-order valence-corrected chi connectivity index (χ3v) is 2.91. The molecule has 2 aromatic rings. The molecule has 104 valence electrons. The Morgan fingerprint density at radius 2 is 1.75 bits per heavy atom. The molecule has 3 nitrogen and oxygen atoms in total. The monoisotopic (exact) mass is 341 g/mol. The third kappa shape index (κ3) is 3.77. The molecule has 0 spiro atoms. The standard InChI is InChI=1S/C14H10BrF2NO2/c15-10-3-9(4-13(18)5-10)14(19)20-7-8-1-11(16)6-12(17)2-8/h1-6H,7,18H2. The quantitative estimate of drug-likeness (QED) is 0.684. The number of hydrogen-bond donors (Lipinski definition) is 1. The maximum absolute atomic E-state index is 13.0. The Hall–Kier alpha value is -1.95. The summed E-state index contributed by atoms with van der Waals surface area (Å²) in [4.78, 5) is 11.8. The minimum Gasteiger partial charge on any atom is -0.457 e. The van der Waals surface area contributed by atoms with Crippen molar-refractivity contribution in [1.82, 2.24) is 0 Å². The second-order valence-corrected chi connectivity index (χ2v) is 5.04. The Kier molecular flexibility index (Phi) is 4.34. The first-order valence-corrected chi connectivity index (χ1v) is 6.41. The summed E-state index contributed by atoms with van der Waals surface area (Å²) in [6, 6.07) is 7.60. The SMILES string of the molecule is Nc1cc(Br)cc(C(=O)OCc2cc(F)cc(F)c2)c1. The first-order chi connectivity index (χ1) is 9.44. The van der Waals surface area contributed by atoms with Crippen LogP contribution in [0.4, 0.5) is 14.5 Å². The van der Waals surface area contributed by atoms with Crippen LogP contribution in [-0.2, 0) is 11.3 Å². The lowest BCUT2D eigenvalue weighted by atomic mass is 10.2. The minimum absolute atomic E-state index is 0.222. The summed E-state index contributed by atoms with van der Waals surface area (Å²) in [5.74, 6) is -2.06. The second-order valence-electron chi connectivity index (χ2n) is 4.13. The summed E-state index contributed by atoms with van der Waals surface area (Å²) in [5, 5.41) is 0. The Bertz CT molecular complexity index is 621. The topological polar surface area (TPSA) is 52.3 Å². The fourth-order valence-corrected chi connectivity index (χ4v) is 2.17. The molecule has 0 heterocycles. The van der Waals surface area contributed by atoms with Crippen molar-refractivity contribution in [3.8, 4) is 0 Å². The van der Waals surface area contributed by atoms with E-state index in [-0.39, 0.29) is 17.7 Å². The van der Waals surface area contributed by atoms with Gasteiger partial charge in [0, 0.05) is 16.2 Å². The lowest BCUT2D eigenvalue weighted by molar-refractivity contribution is 0.0472. The van der Waals surface area contributed by atoms with Crippen molar-refractivity contribution < 1.29 is 18.3 Å². The van der Waals surface area contributed by atoms with Crippen molar-refractivity contribution in [3.63, 3.8) is 0 Å². The van der Waals surface area contributed by atoms with Gasteiger partial charge >= 0.3 is 5.97 Å². The number of anilines is 1.